The van der Waals surface area contributed by atoms with Crippen LogP contribution in [-0.2, 0) is 11.3 Å². The lowest BCUT2D eigenvalue weighted by molar-refractivity contribution is -0.170. The lowest BCUT2D eigenvalue weighted by Gasteiger charge is -2.25. The number of halogens is 4. The highest BCUT2D eigenvalue weighted by Gasteiger charge is 2.43. The third kappa shape index (κ3) is 5.15. The molecule has 0 radical (unpaired) electrons. The first-order valence-corrected chi connectivity index (χ1v) is 12.2. The van der Waals surface area contributed by atoms with E-state index >= 15 is 0 Å². The van der Waals surface area contributed by atoms with Gasteiger partial charge in [-0.05, 0) is 44.2 Å². The molecule has 12 heteroatoms. The van der Waals surface area contributed by atoms with Gasteiger partial charge in [-0.3, -0.25) is 9.78 Å². The van der Waals surface area contributed by atoms with Gasteiger partial charge in [0.1, 0.15) is 28.3 Å². The van der Waals surface area contributed by atoms with Gasteiger partial charge in [-0.15, -0.1) is 11.3 Å². The number of hydrogen-bond acceptors (Lipinski definition) is 6. The Kier molecular flexibility index (Phi) is 7.59. The van der Waals surface area contributed by atoms with Gasteiger partial charge in [0, 0.05) is 42.1 Å². The van der Waals surface area contributed by atoms with Crippen LogP contribution in [0.2, 0.25) is 0 Å². The summed E-state index contributed by atoms with van der Waals surface area (Å²) in [6.45, 7) is 3.26. The number of thiophene rings is 1. The number of benzene rings is 1. The van der Waals surface area contributed by atoms with E-state index in [9.17, 15) is 27.6 Å². The van der Waals surface area contributed by atoms with Crippen LogP contribution in [0.25, 0.3) is 21.5 Å². The number of aromatic nitrogens is 2. The number of alkyl halides is 3. The molecule has 0 atom stereocenters. The summed E-state index contributed by atoms with van der Waals surface area (Å²) in [7, 11) is 1.44. The Morgan fingerprint density at radius 1 is 1.21 bits per heavy atom. The molecule has 0 N–H and O–H groups in total. The number of rotatable bonds is 8. The molecule has 4 aromatic rings. The number of carbonyl (C=O) groups excluding carboxylic acids is 1. The van der Waals surface area contributed by atoms with Crippen molar-refractivity contribution in [1.29, 1.82) is 5.26 Å². The lowest BCUT2D eigenvalue weighted by Crippen LogP contribution is -2.43. The highest BCUT2D eigenvalue weighted by Crippen LogP contribution is 2.37. The molecule has 0 bridgehead atoms. The summed E-state index contributed by atoms with van der Waals surface area (Å²) >= 11 is 1.07. The normalized spacial score (nSPS) is 11.4. The number of nitrogens with zero attached hydrogens (tertiary/aromatic N) is 4. The van der Waals surface area contributed by atoms with Crippen molar-refractivity contribution in [3.63, 3.8) is 0 Å². The number of methoxy groups -OCH3 is 1. The van der Waals surface area contributed by atoms with Gasteiger partial charge in [-0.2, -0.15) is 18.4 Å². The van der Waals surface area contributed by atoms with Gasteiger partial charge < -0.3 is 18.9 Å². The SMILES string of the molecule is CCOc1cc(-c2cc(N(CCn3c(C)cc4c(OC)ccc(F)c43)C(=O)C(F)(F)F)ccn2)sc1C#N. The predicted octanol–water partition coefficient (Wildman–Crippen LogP) is 6.09. The van der Waals surface area contributed by atoms with Crippen molar-refractivity contribution in [2.75, 3.05) is 25.2 Å². The minimum atomic E-state index is -5.15. The van der Waals surface area contributed by atoms with Crippen LogP contribution < -0.4 is 14.4 Å². The molecule has 1 amide bonds. The molecule has 0 aliphatic heterocycles. The minimum absolute atomic E-state index is 0.0469. The molecule has 0 aliphatic rings. The van der Waals surface area contributed by atoms with Crippen molar-refractivity contribution < 1.29 is 31.8 Å². The average Bonchev–Trinajstić information content (AvgIpc) is 3.45. The molecule has 4 rings (SSSR count). The Hall–Kier alpha value is -4.11. The van der Waals surface area contributed by atoms with E-state index in [1.165, 1.54) is 42.1 Å². The molecular weight excluding hydrogens is 524 g/mol. The molecule has 0 spiro atoms. The maximum absolute atomic E-state index is 14.8. The third-order valence-corrected chi connectivity index (χ3v) is 6.88. The number of pyridine rings is 1. The fraction of sp³-hybridized carbons (Fsp3) is 0.269. The number of carbonyl (C=O) groups is 1. The molecule has 1 aromatic carbocycles. The Morgan fingerprint density at radius 3 is 2.63 bits per heavy atom. The topological polar surface area (TPSA) is 80.4 Å². The van der Waals surface area contributed by atoms with Gasteiger partial charge >= 0.3 is 12.1 Å². The first-order chi connectivity index (χ1) is 18.1. The summed E-state index contributed by atoms with van der Waals surface area (Å²) in [6.07, 6.45) is -3.86. The number of anilines is 1. The van der Waals surface area contributed by atoms with E-state index in [4.69, 9.17) is 9.47 Å². The van der Waals surface area contributed by atoms with Crippen LogP contribution in [0.4, 0.5) is 23.2 Å². The molecule has 3 heterocycles. The molecule has 0 unspecified atom stereocenters. The molecule has 0 saturated carbocycles. The van der Waals surface area contributed by atoms with Crippen molar-refractivity contribution >= 4 is 33.8 Å². The largest absolute Gasteiger partial charge is 0.496 e. The van der Waals surface area contributed by atoms with E-state index < -0.39 is 24.4 Å². The fourth-order valence-corrected chi connectivity index (χ4v) is 5.04. The number of ether oxygens (including phenoxy) is 2. The summed E-state index contributed by atoms with van der Waals surface area (Å²) in [5.74, 6) is -1.87. The van der Waals surface area contributed by atoms with Crippen molar-refractivity contribution in [1.82, 2.24) is 9.55 Å². The Morgan fingerprint density at radius 2 is 1.97 bits per heavy atom. The molecule has 0 fully saturated rings. The van der Waals surface area contributed by atoms with Crippen molar-refractivity contribution in [2.24, 2.45) is 0 Å². The first-order valence-electron chi connectivity index (χ1n) is 11.4. The quantitative estimate of drug-likeness (QED) is 0.250. The van der Waals surface area contributed by atoms with Crippen molar-refractivity contribution in [3.8, 4) is 28.1 Å². The minimum Gasteiger partial charge on any atom is -0.496 e. The monoisotopic (exact) mass is 546 g/mol. The molecular formula is C26H22F4N4O3S. The molecule has 198 valence electrons. The van der Waals surface area contributed by atoms with Crippen molar-refractivity contribution in [2.45, 2.75) is 26.6 Å². The fourth-order valence-electron chi connectivity index (χ4n) is 4.17. The van der Waals surface area contributed by atoms with Crippen LogP contribution in [0.1, 0.15) is 17.5 Å². The second kappa shape index (κ2) is 10.7. The summed E-state index contributed by atoms with van der Waals surface area (Å²) in [6, 6.07) is 10.6. The van der Waals surface area contributed by atoms with E-state index in [-0.39, 0.29) is 23.4 Å². The Labute approximate surface area is 219 Å². The Bertz CT molecular complexity index is 1540. The van der Waals surface area contributed by atoms with Crippen LogP contribution in [0.15, 0.2) is 42.6 Å². The number of fused-ring (bicyclic) bond motifs is 1. The van der Waals surface area contributed by atoms with Gasteiger partial charge in [0.2, 0.25) is 0 Å². The second-order valence-corrected chi connectivity index (χ2v) is 9.20. The number of aryl methyl sites for hydroxylation is 1. The number of nitriles is 1. The number of amides is 1. The van der Waals surface area contributed by atoms with Crippen LogP contribution >= 0.6 is 11.3 Å². The third-order valence-electron chi connectivity index (χ3n) is 5.84. The summed E-state index contributed by atoms with van der Waals surface area (Å²) in [5, 5.41) is 9.84. The van der Waals surface area contributed by atoms with Crippen LogP contribution in [0.5, 0.6) is 11.5 Å². The predicted molar refractivity (Wildman–Crippen MR) is 135 cm³/mol. The molecule has 7 nitrogen and oxygen atoms in total. The first kappa shape index (κ1) is 26.9. The lowest BCUT2D eigenvalue weighted by atomic mass is 10.2. The van der Waals surface area contributed by atoms with Gasteiger partial charge in [0.25, 0.3) is 0 Å². The molecule has 38 heavy (non-hydrogen) atoms. The van der Waals surface area contributed by atoms with E-state index in [0.29, 0.717) is 43.8 Å². The maximum Gasteiger partial charge on any atom is 0.471 e. The van der Waals surface area contributed by atoms with E-state index in [1.54, 1.807) is 26.0 Å². The second-order valence-electron chi connectivity index (χ2n) is 8.15. The zero-order valence-electron chi connectivity index (χ0n) is 20.6. The van der Waals surface area contributed by atoms with Crippen LogP contribution in [0.3, 0.4) is 0 Å². The standard InChI is InChI=1S/C26H22F4N4O3S/c1-4-37-21-13-22(38-23(21)14-31)19-12-16(7-8-32-19)34(25(35)26(28,29)30)10-9-33-15(2)11-17-20(36-3)6-5-18(27)24(17)33/h5-8,11-13H,4,9-10H2,1-3H3. The Balaban J connectivity index is 1.72. The average molecular weight is 547 g/mol. The zero-order valence-corrected chi connectivity index (χ0v) is 21.4. The summed E-state index contributed by atoms with van der Waals surface area (Å²) < 4.78 is 67.8. The van der Waals surface area contributed by atoms with E-state index in [1.807, 2.05) is 6.07 Å². The zero-order chi connectivity index (χ0) is 27.6. The van der Waals surface area contributed by atoms with Gasteiger partial charge in [0.05, 0.1) is 29.8 Å². The van der Waals surface area contributed by atoms with Gasteiger partial charge in [-0.1, -0.05) is 0 Å². The van der Waals surface area contributed by atoms with Crippen LogP contribution in [-0.4, -0.2) is 41.9 Å². The smallest absolute Gasteiger partial charge is 0.471 e. The van der Waals surface area contributed by atoms with Crippen molar-refractivity contribution in [3.05, 3.63) is 59.0 Å². The van der Waals surface area contributed by atoms with E-state index in [0.717, 1.165) is 11.3 Å². The maximum atomic E-state index is 14.8. The molecule has 0 saturated heterocycles. The highest BCUT2D eigenvalue weighted by molar-refractivity contribution is 7.16. The summed E-state index contributed by atoms with van der Waals surface area (Å²) in [4.78, 5) is 18.1. The summed E-state index contributed by atoms with van der Waals surface area (Å²) in [5.41, 5.74) is 0.981. The van der Waals surface area contributed by atoms with Gasteiger partial charge in [-0.25, -0.2) is 4.39 Å². The molecule has 3 aromatic heterocycles. The number of hydrogen-bond donors (Lipinski definition) is 0. The highest BCUT2D eigenvalue weighted by atomic mass is 32.1. The van der Waals surface area contributed by atoms with Crippen LogP contribution in [0, 0.1) is 24.1 Å². The molecule has 0 aliphatic carbocycles. The van der Waals surface area contributed by atoms with E-state index in [2.05, 4.69) is 4.98 Å². The van der Waals surface area contributed by atoms with Gasteiger partial charge in [0.15, 0.2) is 0 Å².